The zero-order valence-electron chi connectivity index (χ0n) is 20.6. The Morgan fingerprint density at radius 2 is 1.70 bits per heavy atom. The molecule has 0 saturated carbocycles. The highest BCUT2D eigenvalue weighted by Crippen LogP contribution is 2.26. The Hall–Kier alpha value is -4.91. The highest BCUT2D eigenvalue weighted by atomic mass is 16.5. The molecule has 0 atom stereocenters. The first kappa shape index (κ1) is 23.8. The Balaban J connectivity index is 1.34. The van der Waals surface area contributed by atoms with Crippen molar-refractivity contribution in [2.24, 2.45) is 5.10 Å². The molecule has 2 N–H and O–H groups in total. The number of para-hydroxylation sites is 1. The molecule has 184 valence electrons. The molecular weight excluding hydrogens is 464 g/mol. The average Bonchev–Trinajstić information content (AvgIpc) is 3.24. The van der Waals surface area contributed by atoms with E-state index in [1.165, 1.54) is 7.11 Å². The molecule has 2 amide bonds. The number of anilines is 1. The van der Waals surface area contributed by atoms with E-state index in [4.69, 9.17) is 4.74 Å². The normalized spacial score (nSPS) is 11.2. The van der Waals surface area contributed by atoms with Crippen molar-refractivity contribution in [3.8, 4) is 5.75 Å². The van der Waals surface area contributed by atoms with Crippen LogP contribution in [-0.2, 0) is 11.3 Å². The Morgan fingerprint density at radius 1 is 0.946 bits per heavy atom. The lowest BCUT2D eigenvalue weighted by Gasteiger charge is -2.09. The molecule has 7 nitrogen and oxygen atoms in total. The van der Waals surface area contributed by atoms with E-state index in [9.17, 15) is 9.59 Å². The zero-order valence-corrected chi connectivity index (χ0v) is 20.6. The molecule has 0 bridgehead atoms. The van der Waals surface area contributed by atoms with Gasteiger partial charge in [-0.15, -0.1) is 0 Å². The maximum absolute atomic E-state index is 12.9. The largest absolute Gasteiger partial charge is 0.496 e. The summed E-state index contributed by atoms with van der Waals surface area (Å²) in [6.45, 7) is 2.12. The predicted molar refractivity (Wildman–Crippen MR) is 147 cm³/mol. The summed E-state index contributed by atoms with van der Waals surface area (Å²) >= 11 is 0. The van der Waals surface area contributed by atoms with Crippen LogP contribution in [0.15, 0.2) is 96.2 Å². The van der Waals surface area contributed by atoms with Crippen LogP contribution in [0.1, 0.15) is 21.5 Å². The van der Waals surface area contributed by atoms with Crippen LogP contribution in [0.2, 0.25) is 0 Å². The summed E-state index contributed by atoms with van der Waals surface area (Å²) in [6, 6.07) is 26.8. The highest BCUT2D eigenvalue weighted by molar-refractivity contribution is 6.03. The number of fused-ring (bicyclic) bond motifs is 2. The Morgan fingerprint density at radius 3 is 2.49 bits per heavy atom. The maximum Gasteiger partial charge on any atom is 0.275 e. The lowest BCUT2D eigenvalue weighted by molar-refractivity contribution is -0.116. The SMILES string of the molecule is COc1cc2ccccc2cc1C(=O)NN=Cc1cn(CC(=O)Nc2cccc(C)c2)c2ccccc12. The summed E-state index contributed by atoms with van der Waals surface area (Å²) in [5.74, 6) is -0.0331. The van der Waals surface area contributed by atoms with Gasteiger partial charge in [0.25, 0.3) is 5.91 Å². The third kappa shape index (κ3) is 5.21. The number of rotatable bonds is 7. The van der Waals surface area contributed by atoms with Crippen molar-refractivity contribution >= 4 is 45.4 Å². The van der Waals surface area contributed by atoms with Gasteiger partial charge < -0.3 is 14.6 Å². The fraction of sp³-hybridized carbons (Fsp3) is 0.100. The van der Waals surface area contributed by atoms with Crippen molar-refractivity contribution in [2.45, 2.75) is 13.5 Å². The number of carbonyl (C=O) groups excluding carboxylic acids is 2. The van der Waals surface area contributed by atoms with Crippen LogP contribution in [0.3, 0.4) is 0 Å². The fourth-order valence-electron chi connectivity index (χ4n) is 4.37. The van der Waals surface area contributed by atoms with Crippen LogP contribution >= 0.6 is 0 Å². The first-order chi connectivity index (χ1) is 18.0. The summed E-state index contributed by atoms with van der Waals surface area (Å²) in [7, 11) is 1.54. The van der Waals surface area contributed by atoms with Gasteiger partial charge in [0.1, 0.15) is 12.3 Å². The molecule has 0 fully saturated rings. The van der Waals surface area contributed by atoms with Crippen molar-refractivity contribution in [3.05, 3.63) is 108 Å². The minimum absolute atomic E-state index is 0.133. The lowest BCUT2D eigenvalue weighted by atomic mass is 10.1. The minimum Gasteiger partial charge on any atom is -0.496 e. The zero-order chi connectivity index (χ0) is 25.8. The van der Waals surface area contributed by atoms with Gasteiger partial charge in [0.2, 0.25) is 5.91 Å². The smallest absolute Gasteiger partial charge is 0.275 e. The molecule has 5 aromatic rings. The van der Waals surface area contributed by atoms with Gasteiger partial charge in [0, 0.05) is 28.4 Å². The Bertz CT molecular complexity index is 1650. The van der Waals surface area contributed by atoms with Crippen molar-refractivity contribution < 1.29 is 14.3 Å². The summed E-state index contributed by atoms with van der Waals surface area (Å²) < 4.78 is 7.30. The molecule has 0 aliphatic rings. The summed E-state index contributed by atoms with van der Waals surface area (Å²) in [6.07, 6.45) is 3.44. The standard InChI is InChI=1S/C30H26N4O3/c1-20-8-7-11-24(14-20)32-29(35)19-34-18-23(25-12-5-6-13-27(25)34)17-31-33-30(36)26-15-21-9-3-4-10-22(21)16-28(26)37-2/h3-18H,19H2,1-2H3,(H,32,35)(H,33,36). The van der Waals surface area contributed by atoms with Crippen LogP contribution in [0.4, 0.5) is 5.69 Å². The molecule has 1 heterocycles. The van der Waals surface area contributed by atoms with E-state index in [1.807, 2.05) is 96.6 Å². The number of hydrazone groups is 1. The number of hydrogen-bond acceptors (Lipinski definition) is 4. The van der Waals surface area contributed by atoms with Gasteiger partial charge in [0.05, 0.1) is 18.9 Å². The van der Waals surface area contributed by atoms with Crippen LogP contribution in [0, 0.1) is 6.92 Å². The number of hydrogen-bond donors (Lipinski definition) is 2. The first-order valence-corrected chi connectivity index (χ1v) is 11.9. The van der Waals surface area contributed by atoms with Gasteiger partial charge in [-0.2, -0.15) is 5.10 Å². The molecule has 0 aliphatic heterocycles. The third-order valence-corrected chi connectivity index (χ3v) is 6.12. The number of carbonyl (C=O) groups is 2. The van der Waals surface area contributed by atoms with Gasteiger partial charge in [-0.25, -0.2) is 5.43 Å². The Labute approximate surface area is 214 Å². The van der Waals surface area contributed by atoms with Gasteiger partial charge >= 0.3 is 0 Å². The third-order valence-electron chi connectivity index (χ3n) is 6.12. The number of benzene rings is 4. The molecule has 0 aliphatic carbocycles. The molecule has 0 unspecified atom stereocenters. The number of methoxy groups -OCH3 is 1. The van der Waals surface area contributed by atoms with Gasteiger partial charge in [0.15, 0.2) is 0 Å². The predicted octanol–water partition coefficient (Wildman–Crippen LogP) is 5.51. The maximum atomic E-state index is 12.9. The molecule has 0 spiro atoms. The monoisotopic (exact) mass is 490 g/mol. The fourth-order valence-corrected chi connectivity index (χ4v) is 4.37. The van der Waals surface area contributed by atoms with Crippen molar-refractivity contribution in [1.82, 2.24) is 9.99 Å². The van der Waals surface area contributed by atoms with Gasteiger partial charge in [-0.3, -0.25) is 9.59 Å². The van der Waals surface area contributed by atoms with E-state index in [0.717, 1.165) is 38.5 Å². The van der Waals surface area contributed by atoms with Crippen LogP contribution < -0.4 is 15.5 Å². The molecular formula is C30H26N4O3. The molecule has 37 heavy (non-hydrogen) atoms. The first-order valence-electron chi connectivity index (χ1n) is 11.9. The Kier molecular flexibility index (Phi) is 6.68. The number of nitrogens with zero attached hydrogens (tertiary/aromatic N) is 2. The quantitative estimate of drug-likeness (QED) is 0.233. The number of ether oxygens (including phenoxy) is 1. The van der Waals surface area contributed by atoms with E-state index < -0.39 is 0 Å². The minimum atomic E-state index is -0.375. The molecule has 7 heteroatoms. The van der Waals surface area contributed by atoms with Crippen molar-refractivity contribution in [1.29, 1.82) is 0 Å². The molecule has 0 saturated heterocycles. The van der Waals surface area contributed by atoms with E-state index in [-0.39, 0.29) is 18.4 Å². The van der Waals surface area contributed by atoms with Crippen LogP contribution in [-0.4, -0.2) is 29.7 Å². The van der Waals surface area contributed by atoms with Crippen molar-refractivity contribution in [3.63, 3.8) is 0 Å². The van der Waals surface area contributed by atoms with E-state index in [0.29, 0.717) is 11.3 Å². The molecule has 0 radical (unpaired) electrons. The number of amides is 2. The topological polar surface area (TPSA) is 84.7 Å². The van der Waals surface area contributed by atoms with E-state index in [2.05, 4.69) is 15.8 Å². The second-order valence-corrected chi connectivity index (χ2v) is 8.75. The second-order valence-electron chi connectivity index (χ2n) is 8.75. The second kappa shape index (κ2) is 10.4. The van der Waals surface area contributed by atoms with E-state index in [1.54, 1.807) is 12.3 Å². The average molecular weight is 491 g/mol. The summed E-state index contributed by atoms with van der Waals surface area (Å²) in [5, 5.41) is 9.98. The van der Waals surface area contributed by atoms with Crippen LogP contribution in [0.25, 0.3) is 21.7 Å². The summed E-state index contributed by atoms with van der Waals surface area (Å²) in [4.78, 5) is 25.6. The summed E-state index contributed by atoms with van der Waals surface area (Å²) in [5.41, 5.74) is 6.51. The number of nitrogens with one attached hydrogen (secondary N) is 2. The van der Waals surface area contributed by atoms with Gasteiger partial charge in [-0.05, 0) is 53.6 Å². The number of aromatic nitrogens is 1. The van der Waals surface area contributed by atoms with Gasteiger partial charge in [-0.1, -0.05) is 54.6 Å². The highest BCUT2D eigenvalue weighted by Gasteiger charge is 2.14. The van der Waals surface area contributed by atoms with Crippen LogP contribution in [0.5, 0.6) is 5.75 Å². The number of aryl methyl sites for hydroxylation is 1. The molecule has 1 aromatic heterocycles. The van der Waals surface area contributed by atoms with E-state index >= 15 is 0 Å². The molecule has 5 rings (SSSR count). The lowest BCUT2D eigenvalue weighted by Crippen LogP contribution is -2.18. The molecule has 4 aromatic carbocycles. The van der Waals surface area contributed by atoms with Crippen molar-refractivity contribution in [2.75, 3.05) is 12.4 Å².